The monoisotopic (exact) mass is 325 g/mol. The largest absolute Gasteiger partial charge is 0.508 e. The van der Waals surface area contributed by atoms with Crippen LogP contribution in [0, 0.1) is 0 Å². The highest BCUT2D eigenvalue weighted by Crippen LogP contribution is 2.30. The van der Waals surface area contributed by atoms with Gasteiger partial charge in [-0.2, -0.15) is 0 Å². The number of phenolic OH excluding ortho intramolecular Hbond substituents is 1. The molecule has 0 radical (unpaired) electrons. The first-order chi connectivity index (χ1) is 11.6. The molecule has 0 fully saturated rings. The zero-order valence-corrected chi connectivity index (χ0v) is 14.3. The highest BCUT2D eigenvalue weighted by molar-refractivity contribution is 6.07. The molecule has 2 aromatic rings. The first kappa shape index (κ1) is 17.6. The summed E-state index contributed by atoms with van der Waals surface area (Å²) >= 11 is 0. The molecule has 0 heterocycles. The summed E-state index contributed by atoms with van der Waals surface area (Å²) in [5.41, 5.74) is 3.21. The number of rotatable bonds is 7. The molecule has 0 aliphatic rings. The number of hydrogen-bond donors (Lipinski definition) is 2. The zero-order chi connectivity index (χ0) is 17.5. The van der Waals surface area contributed by atoms with Crippen LogP contribution in [0.25, 0.3) is 6.08 Å². The minimum Gasteiger partial charge on any atom is -0.508 e. The van der Waals surface area contributed by atoms with Gasteiger partial charge in [-0.15, -0.1) is 0 Å². The third-order valence-corrected chi connectivity index (χ3v) is 3.82. The Morgan fingerprint density at radius 2 is 1.96 bits per heavy atom. The minimum atomic E-state index is -0.0789. The van der Waals surface area contributed by atoms with Crippen molar-refractivity contribution in [3.05, 3.63) is 59.2 Å². The van der Waals surface area contributed by atoms with Crippen LogP contribution in [-0.4, -0.2) is 25.0 Å². The standard InChI is InChI=1S/C20H23NO3/c1-4-5-15-12-16(20(24-3)13-19(15)23)8-11-18(22)14-6-9-17(21-2)10-7-14/h6-13,21,23H,4-5H2,1-3H3. The number of aryl methyl sites for hydroxylation is 1. The first-order valence-corrected chi connectivity index (χ1v) is 7.99. The number of ether oxygens (including phenoxy) is 1. The number of benzene rings is 2. The van der Waals surface area contributed by atoms with Crippen molar-refractivity contribution in [2.24, 2.45) is 0 Å². The number of nitrogens with one attached hydrogen (secondary N) is 1. The van der Waals surface area contributed by atoms with Crippen molar-refractivity contribution < 1.29 is 14.6 Å². The Bertz CT molecular complexity index is 733. The van der Waals surface area contributed by atoms with Crippen LogP contribution < -0.4 is 10.1 Å². The highest BCUT2D eigenvalue weighted by atomic mass is 16.5. The van der Waals surface area contributed by atoms with E-state index in [1.54, 1.807) is 31.4 Å². The predicted octanol–water partition coefficient (Wildman–Crippen LogP) is 4.29. The van der Waals surface area contributed by atoms with Gasteiger partial charge in [-0.05, 0) is 54.5 Å². The lowest BCUT2D eigenvalue weighted by molar-refractivity contribution is 0.104. The van der Waals surface area contributed by atoms with E-state index < -0.39 is 0 Å². The molecule has 2 N–H and O–H groups in total. The molecule has 0 saturated carbocycles. The maximum absolute atomic E-state index is 12.3. The molecule has 0 aliphatic heterocycles. The van der Waals surface area contributed by atoms with Crippen molar-refractivity contribution in [2.75, 3.05) is 19.5 Å². The lowest BCUT2D eigenvalue weighted by atomic mass is 10.0. The van der Waals surface area contributed by atoms with Gasteiger partial charge in [-0.1, -0.05) is 13.3 Å². The van der Waals surface area contributed by atoms with Crippen LogP contribution in [0.1, 0.15) is 34.8 Å². The lowest BCUT2D eigenvalue weighted by Crippen LogP contribution is -1.96. The van der Waals surface area contributed by atoms with Gasteiger partial charge in [0.2, 0.25) is 0 Å². The molecule has 2 rings (SSSR count). The van der Waals surface area contributed by atoms with Crippen molar-refractivity contribution in [3.8, 4) is 11.5 Å². The lowest BCUT2D eigenvalue weighted by Gasteiger charge is -2.10. The average Bonchev–Trinajstić information content (AvgIpc) is 2.61. The van der Waals surface area contributed by atoms with Crippen LogP contribution >= 0.6 is 0 Å². The molecule has 0 bridgehead atoms. The Labute approximate surface area is 142 Å². The first-order valence-electron chi connectivity index (χ1n) is 7.99. The summed E-state index contributed by atoms with van der Waals surface area (Å²) in [6.07, 6.45) is 4.96. The van der Waals surface area contributed by atoms with Gasteiger partial charge in [0.15, 0.2) is 5.78 Å². The normalized spacial score (nSPS) is 10.8. The quantitative estimate of drug-likeness (QED) is 0.589. The maximum atomic E-state index is 12.3. The molecule has 126 valence electrons. The number of allylic oxidation sites excluding steroid dienone is 1. The summed E-state index contributed by atoms with van der Waals surface area (Å²) in [6, 6.07) is 10.8. The third kappa shape index (κ3) is 4.16. The molecule has 0 aliphatic carbocycles. The Balaban J connectivity index is 2.25. The van der Waals surface area contributed by atoms with Gasteiger partial charge in [-0.25, -0.2) is 0 Å². The molecule has 0 spiro atoms. The number of carbonyl (C=O) groups is 1. The van der Waals surface area contributed by atoms with Crippen molar-refractivity contribution in [2.45, 2.75) is 19.8 Å². The Morgan fingerprint density at radius 1 is 1.25 bits per heavy atom. The number of anilines is 1. The van der Waals surface area contributed by atoms with Gasteiger partial charge in [0.25, 0.3) is 0 Å². The Morgan fingerprint density at radius 3 is 2.54 bits per heavy atom. The number of hydrogen-bond acceptors (Lipinski definition) is 4. The van der Waals surface area contributed by atoms with Gasteiger partial charge >= 0.3 is 0 Å². The molecule has 0 saturated heterocycles. The summed E-state index contributed by atoms with van der Waals surface area (Å²) < 4.78 is 5.30. The van der Waals surface area contributed by atoms with E-state index in [0.29, 0.717) is 11.3 Å². The van der Waals surface area contributed by atoms with Gasteiger partial charge in [0, 0.05) is 29.9 Å². The predicted molar refractivity (Wildman–Crippen MR) is 98.0 cm³/mol. The van der Waals surface area contributed by atoms with E-state index in [2.05, 4.69) is 12.2 Å². The van der Waals surface area contributed by atoms with E-state index in [-0.39, 0.29) is 11.5 Å². The summed E-state index contributed by atoms with van der Waals surface area (Å²) in [6.45, 7) is 2.05. The molecule has 2 aromatic carbocycles. The number of aromatic hydroxyl groups is 1. The zero-order valence-electron chi connectivity index (χ0n) is 14.3. The summed E-state index contributed by atoms with van der Waals surface area (Å²) in [5, 5.41) is 13.0. The molecule has 0 atom stereocenters. The number of methoxy groups -OCH3 is 1. The van der Waals surface area contributed by atoms with E-state index in [1.165, 1.54) is 6.08 Å². The molecule has 24 heavy (non-hydrogen) atoms. The van der Waals surface area contributed by atoms with Crippen molar-refractivity contribution in [1.82, 2.24) is 0 Å². The fraction of sp³-hybridized carbons (Fsp3) is 0.250. The van der Waals surface area contributed by atoms with E-state index in [0.717, 1.165) is 29.7 Å². The molecule has 0 amide bonds. The fourth-order valence-corrected chi connectivity index (χ4v) is 2.47. The van der Waals surface area contributed by atoms with Crippen LogP contribution in [-0.2, 0) is 6.42 Å². The van der Waals surface area contributed by atoms with Gasteiger partial charge < -0.3 is 15.2 Å². The molecule has 4 nitrogen and oxygen atoms in total. The van der Waals surface area contributed by atoms with Crippen LogP contribution in [0.15, 0.2) is 42.5 Å². The Kier molecular flexibility index (Phi) is 6.01. The van der Waals surface area contributed by atoms with Crippen molar-refractivity contribution in [1.29, 1.82) is 0 Å². The van der Waals surface area contributed by atoms with Crippen molar-refractivity contribution in [3.63, 3.8) is 0 Å². The fourth-order valence-electron chi connectivity index (χ4n) is 2.47. The highest BCUT2D eigenvalue weighted by Gasteiger charge is 2.08. The molecular formula is C20H23NO3. The second kappa shape index (κ2) is 8.20. The van der Waals surface area contributed by atoms with E-state index in [4.69, 9.17) is 4.74 Å². The number of carbonyl (C=O) groups excluding carboxylic acids is 1. The maximum Gasteiger partial charge on any atom is 0.185 e. The number of phenols is 1. The topological polar surface area (TPSA) is 58.6 Å². The van der Waals surface area contributed by atoms with E-state index in [9.17, 15) is 9.90 Å². The third-order valence-electron chi connectivity index (χ3n) is 3.82. The van der Waals surface area contributed by atoms with Gasteiger partial charge in [0.1, 0.15) is 11.5 Å². The molecule has 0 unspecified atom stereocenters. The summed E-state index contributed by atoms with van der Waals surface area (Å²) in [5.74, 6) is 0.687. The van der Waals surface area contributed by atoms with Crippen LogP contribution in [0.3, 0.4) is 0 Å². The van der Waals surface area contributed by atoms with Crippen molar-refractivity contribution >= 4 is 17.5 Å². The molecule has 4 heteroatoms. The molecule has 0 aromatic heterocycles. The minimum absolute atomic E-state index is 0.0789. The Hall–Kier alpha value is -2.75. The van der Waals surface area contributed by atoms with Gasteiger partial charge in [0.05, 0.1) is 7.11 Å². The van der Waals surface area contributed by atoms with Crippen LogP contribution in [0.2, 0.25) is 0 Å². The molecular weight excluding hydrogens is 302 g/mol. The van der Waals surface area contributed by atoms with Crippen LogP contribution in [0.5, 0.6) is 11.5 Å². The number of ketones is 1. The summed E-state index contributed by atoms with van der Waals surface area (Å²) in [4.78, 5) is 12.3. The smallest absolute Gasteiger partial charge is 0.185 e. The van der Waals surface area contributed by atoms with Gasteiger partial charge in [-0.3, -0.25) is 4.79 Å². The summed E-state index contributed by atoms with van der Waals surface area (Å²) in [7, 11) is 3.38. The van der Waals surface area contributed by atoms with E-state index in [1.807, 2.05) is 25.2 Å². The second-order valence-corrected chi connectivity index (χ2v) is 5.50. The van der Waals surface area contributed by atoms with E-state index >= 15 is 0 Å². The average molecular weight is 325 g/mol. The second-order valence-electron chi connectivity index (χ2n) is 5.50. The van der Waals surface area contributed by atoms with Crippen LogP contribution in [0.4, 0.5) is 5.69 Å². The SMILES string of the molecule is CCCc1cc(C=CC(=O)c2ccc(NC)cc2)c(OC)cc1O.